The van der Waals surface area contributed by atoms with Gasteiger partial charge in [-0.3, -0.25) is 9.59 Å². The first-order valence-electron chi connectivity index (χ1n) is 12.5. The van der Waals surface area contributed by atoms with Crippen molar-refractivity contribution in [3.8, 4) is 5.75 Å². The van der Waals surface area contributed by atoms with Gasteiger partial charge < -0.3 is 19.3 Å². The lowest BCUT2D eigenvalue weighted by Gasteiger charge is -2.37. The Hall–Kier alpha value is -2.68. The van der Waals surface area contributed by atoms with Crippen molar-refractivity contribution in [2.45, 2.75) is 45.3 Å². The molecule has 0 radical (unpaired) electrons. The molecule has 4 heterocycles. The van der Waals surface area contributed by atoms with Crippen LogP contribution in [0.3, 0.4) is 0 Å². The van der Waals surface area contributed by atoms with E-state index in [1.165, 1.54) is 21.8 Å². The summed E-state index contributed by atoms with van der Waals surface area (Å²) in [4.78, 5) is 32.6. The molecule has 0 saturated carbocycles. The van der Waals surface area contributed by atoms with E-state index in [0.717, 1.165) is 36.1 Å². The zero-order valence-electron chi connectivity index (χ0n) is 20.8. The summed E-state index contributed by atoms with van der Waals surface area (Å²) in [6.45, 7) is 6.29. The van der Waals surface area contributed by atoms with Crippen LogP contribution in [0.1, 0.15) is 50.1 Å². The summed E-state index contributed by atoms with van der Waals surface area (Å²) in [5, 5.41) is 3.98. The molecule has 2 atom stereocenters. The number of carbonyl (C=O) groups is 2. The maximum atomic E-state index is 13.8. The maximum Gasteiger partial charge on any atom is 0.264 e. The normalized spacial score (nSPS) is 19.2. The van der Waals surface area contributed by atoms with E-state index in [-0.39, 0.29) is 30.5 Å². The fourth-order valence-electron chi connectivity index (χ4n) is 5.07. The number of nitrogens with zero attached hydrogens (tertiary/aromatic N) is 2. The molecule has 2 aromatic heterocycles. The second kappa shape index (κ2) is 11.2. The van der Waals surface area contributed by atoms with Crippen molar-refractivity contribution in [2.75, 3.05) is 32.8 Å². The smallest absolute Gasteiger partial charge is 0.264 e. The summed E-state index contributed by atoms with van der Waals surface area (Å²) < 4.78 is 12.1. The van der Waals surface area contributed by atoms with Crippen molar-refractivity contribution in [3.63, 3.8) is 0 Å². The van der Waals surface area contributed by atoms with Gasteiger partial charge in [-0.1, -0.05) is 23.8 Å². The summed E-state index contributed by atoms with van der Waals surface area (Å²) in [6.07, 6.45) is 2.71. The largest absolute Gasteiger partial charge is 0.491 e. The van der Waals surface area contributed by atoms with Gasteiger partial charge in [0.25, 0.3) is 5.91 Å². The van der Waals surface area contributed by atoms with E-state index in [1.54, 1.807) is 16.2 Å². The Morgan fingerprint density at radius 3 is 2.81 bits per heavy atom. The highest BCUT2D eigenvalue weighted by molar-refractivity contribution is 7.12. The predicted molar refractivity (Wildman–Crippen MR) is 143 cm³/mol. The maximum absolute atomic E-state index is 13.8. The Morgan fingerprint density at radius 1 is 1.17 bits per heavy atom. The fourth-order valence-corrected chi connectivity index (χ4v) is 6.69. The molecule has 6 nitrogen and oxygen atoms in total. The molecule has 190 valence electrons. The van der Waals surface area contributed by atoms with Crippen LogP contribution >= 0.6 is 22.7 Å². The van der Waals surface area contributed by atoms with Crippen LogP contribution in [-0.4, -0.2) is 60.6 Å². The Kier molecular flexibility index (Phi) is 7.74. The number of benzene rings is 1. The third-order valence-corrected chi connectivity index (χ3v) is 8.79. The Balaban J connectivity index is 1.34. The number of hydrogen-bond acceptors (Lipinski definition) is 6. The number of rotatable bonds is 8. The first-order chi connectivity index (χ1) is 17.5. The number of aryl methyl sites for hydroxylation is 2. The summed E-state index contributed by atoms with van der Waals surface area (Å²) in [5.74, 6) is 0.678. The van der Waals surface area contributed by atoms with Crippen molar-refractivity contribution in [2.24, 2.45) is 0 Å². The molecule has 2 aliphatic rings. The molecule has 0 unspecified atom stereocenters. The monoisotopic (exact) mass is 524 g/mol. The van der Waals surface area contributed by atoms with Gasteiger partial charge in [0.15, 0.2) is 0 Å². The number of amides is 2. The first-order valence-corrected chi connectivity index (χ1v) is 14.3. The van der Waals surface area contributed by atoms with Crippen LogP contribution in [0, 0.1) is 13.8 Å². The van der Waals surface area contributed by atoms with E-state index in [2.05, 4.69) is 24.4 Å². The molecule has 1 aromatic carbocycles. The van der Waals surface area contributed by atoms with Gasteiger partial charge in [-0.25, -0.2) is 0 Å². The first kappa shape index (κ1) is 25.0. The highest BCUT2D eigenvalue weighted by Crippen LogP contribution is 2.34. The van der Waals surface area contributed by atoms with Crippen LogP contribution in [0.5, 0.6) is 5.75 Å². The van der Waals surface area contributed by atoms with E-state index in [4.69, 9.17) is 9.47 Å². The van der Waals surface area contributed by atoms with Crippen molar-refractivity contribution in [3.05, 3.63) is 73.6 Å². The van der Waals surface area contributed by atoms with E-state index < -0.39 is 0 Å². The van der Waals surface area contributed by atoms with E-state index in [9.17, 15) is 9.59 Å². The van der Waals surface area contributed by atoms with E-state index in [1.807, 2.05) is 41.5 Å². The van der Waals surface area contributed by atoms with Crippen molar-refractivity contribution < 1.29 is 19.1 Å². The highest BCUT2D eigenvalue weighted by Gasteiger charge is 2.34. The lowest BCUT2D eigenvalue weighted by atomic mass is 10.00. The van der Waals surface area contributed by atoms with Crippen LogP contribution in [0.25, 0.3) is 0 Å². The Bertz CT molecular complexity index is 1200. The average molecular weight is 525 g/mol. The SMILES string of the molecule is Cc1ccc(OC[C@H]2c3ccsc3CCN2C(=O)CN(C[C@H]2CCCO2)C(=O)c2cccs2)c(C)c1. The van der Waals surface area contributed by atoms with Gasteiger partial charge in [0.1, 0.15) is 18.9 Å². The molecule has 0 N–H and O–H groups in total. The summed E-state index contributed by atoms with van der Waals surface area (Å²) in [5.41, 5.74) is 3.43. The van der Waals surface area contributed by atoms with E-state index in [0.29, 0.717) is 31.2 Å². The molecule has 2 aliphatic heterocycles. The van der Waals surface area contributed by atoms with Crippen molar-refractivity contribution >= 4 is 34.5 Å². The molecular weight excluding hydrogens is 492 g/mol. The Labute approximate surface area is 220 Å². The minimum absolute atomic E-state index is 0.0183. The van der Waals surface area contributed by atoms with Crippen LogP contribution in [0.15, 0.2) is 47.2 Å². The summed E-state index contributed by atoms with van der Waals surface area (Å²) in [6, 6.07) is 11.8. The lowest BCUT2D eigenvalue weighted by molar-refractivity contribution is -0.135. The molecule has 1 saturated heterocycles. The topological polar surface area (TPSA) is 59.1 Å². The second-order valence-electron chi connectivity index (χ2n) is 9.53. The predicted octanol–water partition coefficient (Wildman–Crippen LogP) is 5.25. The number of ether oxygens (including phenoxy) is 2. The molecule has 8 heteroatoms. The number of hydrogen-bond donors (Lipinski definition) is 0. The van der Waals surface area contributed by atoms with Crippen molar-refractivity contribution in [1.29, 1.82) is 0 Å². The van der Waals surface area contributed by atoms with E-state index >= 15 is 0 Å². The minimum Gasteiger partial charge on any atom is -0.491 e. The number of carbonyl (C=O) groups excluding carboxylic acids is 2. The molecule has 5 rings (SSSR count). The average Bonchev–Trinajstić information content (AvgIpc) is 3.65. The molecular formula is C28H32N2O4S2. The standard InChI is InChI=1S/C28H32N2O4S2/c1-19-7-8-24(20(2)15-19)34-18-23-22-10-14-36-25(22)9-11-30(23)27(31)17-29(16-21-5-3-12-33-21)28(32)26-6-4-13-35-26/h4,6-8,10,13-15,21,23H,3,5,9,11-12,16-18H2,1-2H3/t21-,23+/m1/s1. The Morgan fingerprint density at radius 2 is 2.06 bits per heavy atom. The second-order valence-corrected chi connectivity index (χ2v) is 11.5. The van der Waals surface area contributed by atoms with Gasteiger partial charge in [0.2, 0.25) is 5.91 Å². The molecule has 1 fully saturated rings. The van der Waals surface area contributed by atoms with Gasteiger partial charge in [0, 0.05) is 24.6 Å². The molecule has 36 heavy (non-hydrogen) atoms. The van der Waals surface area contributed by atoms with Gasteiger partial charge in [-0.15, -0.1) is 22.7 Å². The van der Waals surface area contributed by atoms with Crippen LogP contribution < -0.4 is 4.74 Å². The fraction of sp³-hybridized carbons (Fsp3) is 0.429. The number of thiophene rings is 2. The molecule has 0 spiro atoms. The zero-order chi connectivity index (χ0) is 25.1. The molecule has 0 bridgehead atoms. The summed E-state index contributed by atoms with van der Waals surface area (Å²) >= 11 is 3.14. The van der Waals surface area contributed by atoms with Crippen LogP contribution in [0.4, 0.5) is 0 Å². The van der Waals surface area contributed by atoms with Crippen LogP contribution in [-0.2, 0) is 16.0 Å². The number of fused-ring (bicyclic) bond motifs is 1. The molecule has 3 aromatic rings. The molecule has 0 aliphatic carbocycles. The van der Waals surface area contributed by atoms with Gasteiger partial charge in [-0.2, -0.15) is 0 Å². The highest BCUT2D eigenvalue weighted by atomic mass is 32.1. The lowest BCUT2D eigenvalue weighted by Crippen LogP contribution is -2.49. The minimum atomic E-state index is -0.186. The van der Waals surface area contributed by atoms with Crippen molar-refractivity contribution in [1.82, 2.24) is 9.80 Å². The molecule has 2 amide bonds. The third kappa shape index (κ3) is 5.51. The zero-order valence-corrected chi connectivity index (χ0v) is 22.4. The quantitative estimate of drug-likeness (QED) is 0.404. The van der Waals surface area contributed by atoms with Gasteiger partial charge in [0.05, 0.1) is 17.0 Å². The van der Waals surface area contributed by atoms with Crippen LogP contribution in [0.2, 0.25) is 0 Å². The third-order valence-electron chi connectivity index (χ3n) is 6.94. The van der Waals surface area contributed by atoms with Gasteiger partial charge >= 0.3 is 0 Å². The summed E-state index contributed by atoms with van der Waals surface area (Å²) in [7, 11) is 0. The van der Waals surface area contributed by atoms with Gasteiger partial charge in [-0.05, 0) is 73.2 Å².